The smallest absolute Gasteiger partial charge is 0.313 e. The molecular formula is C17H15ClO3. The molecule has 0 fully saturated rings. The molecule has 0 spiro atoms. The van der Waals surface area contributed by atoms with Gasteiger partial charge in [-0.2, -0.15) is 0 Å². The van der Waals surface area contributed by atoms with Crippen molar-refractivity contribution in [1.82, 2.24) is 0 Å². The average molecular weight is 303 g/mol. The van der Waals surface area contributed by atoms with Crippen LogP contribution in [-0.2, 0) is 9.53 Å². The van der Waals surface area contributed by atoms with Gasteiger partial charge in [0.05, 0.1) is 13.0 Å². The molecule has 3 nitrogen and oxygen atoms in total. The number of halogens is 1. The summed E-state index contributed by atoms with van der Waals surface area (Å²) in [5.74, 6) is -1.28. The molecule has 108 valence electrons. The lowest BCUT2D eigenvalue weighted by molar-refractivity contribution is -0.142. The number of methoxy groups -OCH3 is 1. The summed E-state index contributed by atoms with van der Waals surface area (Å²) in [6.07, 6.45) is 0.0282. The molecule has 0 saturated carbocycles. The minimum absolute atomic E-state index is 0.0282. The second kappa shape index (κ2) is 7.04. The van der Waals surface area contributed by atoms with Crippen molar-refractivity contribution >= 4 is 23.4 Å². The van der Waals surface area contributed by atoms with Crippen molar-refractivity contribution in [2.24, 2.45) is 0 Å². The van der Waals surface area contributed by atoms with E-state index in [1.807, 2.05) is 6.07 Å². The van der Waals surface area contributed by atoms with E-state index in [-0.39, 0.29) is 12.2 Å². The van der Waals surface area contributed by atoms with Gasteiger partial charge in [-0.3, -0.25) is 9.59 Å². The molecule has 0 bridgehead atoms. The van der Waals surface area contributed by atoms with Gasteiger partial charge >= 0.3 is 5.97 Å². The molecule has 2 rings (SSSR count). The molecule has 0 aliphatic rings. The molecule has 1 atom stereocenters. The van der Waals surface area contributed by atoms with E-state index in [1.54, 1.807) is 48.5 Å². The van der Waals surface area contributed by atoms with Crippen molar-refractivity contribution in [3.8, 4) is 0 Å². The monoisotopic (exact) mass is 302 g/mol. The van der Waals surface area contributed by atoms with Crippen LogP contribution >= 0.6 is 11.6 Å². The number of ketones is 1. The highest BCUT2D eigenvalue weighted by Crippen LogP contribution is 2.29. The zero-order chi connectivity index (χ0) is 15.2. The molecule has 0 saturated heterocycles. The lowest BCUT2D eigenvalue weighted by atomic mass is 9.91. The second-order valence-electron chi connectivity index (χ2n) is 4.59. The maximum atomic E-state index is 12.3. The zero-order valence-corrected chi connectivity index (χ0v) is 12.3. The number of Topliss-reactive ketones (excluding diaryl/α,β-unsaturated/α-hetero) is 1. The van der Waals surface area contributed by atoms with Crippen LogP contribution in [-0.4, -0.2) is 18.9 Å². The average Bonchev–Trinajstić information content (AvgIpc) is 2.53. The molecule has 4 heteroatoms. The van der Waals surface area contributed by atoms with E-state index >= 15 is 0 Å². The Labute approximate surface area is 128 Å². The van der Waals surface area contributed by atoms with Gasteiger partial charge in [-0.25, -0.2) is 0 Å². The van der Waals surface area contributed by atoms with E-state index in [0.29, 0.717) is 16.1 Å². The van der Waals surface area contributed by atoms with Gasteiger partial charge in [0.1, 0.15) is 0 Å². The van der Waals surface area contributed by atoms with Crippen molar-refractivity contribution in [3.63, 3.8) is 0 Å². The van der Waals surface area contributed by atoms with Crippen LogP contribution < -0.4 is 0 Å². The third-order valence-electron chi connectivity index (χ3n) is 3.25. The molecule has 0 unspecified atom stereocenters. The molecule has 0 amide bonds. The topological polar surface area (TPSA) is 43.4 Å². The molecule has 0 radical (unpaired) electrons. The predicted molar refractivity (Wildman–Crippen MR) is 81.6 cm³/mol. The Bertz CT molecular complexity index is 637. The molecule has 0 N–H and O–H groups in total. The maximum absolute atomic E-state index is 12.3. The van der Waals surface area contributed by atoms with Crippen molar-refractivity contribution in [1.29, 1.82) is 0 Å². The number of ether oxygens (including phenoxy) is 1. The van der Waals surface area contributed by atoms with Crippen molar-refractivity contribution < 1.29 is 14.3 Å². The summed E-state index contributed by atoms with van der Waals surface area (Å²) >= 11 is 6.13. The fourth-order valence-corrected chi connectivity index (χ4v) is 2.41. The number of rotatable bonds is 5. The number of hydrogen-bond donors (Lipinski definition) is 0. The van der Waals surface area contributed by atoms with Gasteiger partial charge in [0.25, 0.3) is 0 Å². The van der Waals surface area contributed by atoms with Crippen LogP contribution in [0.25, 0.3) is 0 Å². The van der Waals surface area contributed by atoms with E-state index in [0.717, 1.165) is 0 Å². The highest BCUT2D eigenvalue weighted by molar-refractivity contribution is 6.31. The fraction of sp³-hybridized carbons (Fsp3) is 0.176. The first kappa shape index (κ1) is 15.3. The Kier molecular flexibility index (Phi) is 5.12. The van der Waals surface area contributed by atoms with Crippen LogP contribution in [0.2, 0.25) is 5.02 Å². The summed E-state index contributed by atoms with van der Waals surface area (Å²) in [6, 6.07) is 15.9. The van der Waals surface area contributed by atoms with Crippen LogP contribution in [0.1, 0.15) is 28.3 Å². The van der Waals surface area contributed by atoms with Crippen LogP contribution in [0.15, 0.2) is 54.6 Å². The Morgan fingerprint density at radius 2 is 1.67 bits per heavy atom. The highest BCUT2D eigenvalue weighted by Gasteiger charge is 2.26. The first-order chi connectivity index (χ1) is 10.1. The summed E-state index contributed by atoms with van der Waals surface area (Å²) in [5.41, 5.74) is 1.17. The Morgan fingerprint density at radius 1 is 1.05 bits per heavy atom. The first-order valence-electron chi connectivity index (χ1n) is 6.54. The van der Waals surface area contributed by atoms with Crippen molar-refractivity contribution in [2.75, 3.05) is 7.11 Å². The van der Waals surface area contributed by atoms with Gasteiger partial charge in [-0.15, -0.1) is 0 Å². The van der Waals surface area contributed by atoms with Crippen LogP contribution in [0.4, 0.5) is 0 Å². The number of esters is 1. The largest absolute Gasteiger partial charge is 0.469 e. The lowest BCUT2D eigenvalue weighted by Crippen LogP contribution is -2.18. The van der Waals surface area contributed by atoms with Gasteiger partial charge in [-0.1, -0.05) is 60.1 Å². The molecule has 21 heavy (non-hydrogen) atoms. The summed E-state index contributed by atoms with van der Waals surface area (Å²) in [4.78, 5) is 24.3. The quantitative estimate of drug-likeness (QED) is 0.622. The van der Waals surface area contributed by atoms with E-state index in [1.165, 1.54) is 7.11 Å². The summed E-state index contributed by atoms with van der Waals surface area (Å²) in [5, 5.41) is 0.453. The standard InChI is InChI=1S/C17H15ClO3/c1-21-17(20)14(13-9-5-6-10-15(13)18)11-16(19)12-7-3-2-4-8-12/h2-10,14H,11H2,1H3/t14-/m0/s1. The molecule has 0 aliphatic carbocycles. The lowest BCUT2D eigenvalue weighted by Gasteiger charge is -2.15. The Hall–Kier alpha value is -2.13. The number of carbonyl (C=O) groups is 2. The maximum Gasteiger partial charge on any atom is 0.313 e. The molecular weight excluding hydrogens is 288 g/mol. The van der Waals surface area contributed by atoms with Gasteiger partial charge in [0, 0.05) is 17.0 Å². The minimum atomic E-state index is -0.698. The van der Waals surface area contributed by atoms with Crippen molar-refractivity contribution in [2.45, 2.75) is 12.3 Å². The van der Waals surface area contributed by atoms with Gasteiger partial charge < -0.3 is 4.74 Å². The summed E-state index contributed by atoms with van der Waals surface area (Å²) in [7, 11) is 1.30. The number of benzene rings is 2. The Balaban J connectivity index is 2.28. The highest BCUT2D eigenvalue weighted by atomic mass is 35.5. The summed E-state index contributed by atoms with van der Waals surface area (Å²) in [6.45, 7) is 0. The van der Waals surface area contributed by atoms with Gasteiger partial charge in [0.2, 0.25) is 0 Å². The zero-order valence-electron chi connectivity index (χ0n) is 11.6. The first-order valence-corrected chi connectivity index (χ1v) is 6.91. The Morgan fingerprint density at radius 3 is 2.29 bits per heavy atom. The van der Waals surface area contributed by atoms with Crippen LogP contribution in [0.5, 0.6) is 0 Å². The minimum Gasteiger partial charge on any atom is -0.469 e. The molecule has 0 aromatic heterocycles. The molecule has 2 aromatic rings. The van der Waals surface area contributed by atoms with Crippen molar-refractivity contribution in [3.05, 3.63) is 70.7 Å². The third kappa shape index (κ3) is 3.70. The SMILES string of the molecule is COC(=O)[C@@H](CC(=O)c1ccccc1)c1ccccc1Cl. The molecule has 2 aromatic carbocycles. The number of hydrogen-bond acceptors (Lipinski definition) is 3. The second-order valence-corrected chi connectivity index (χ2v) is 5.00. The molecule has 0 heterocycles. The normalized spacial score (nSPS) is 11.7. The van der Waals surface area contributed by atoms with E-state index in [9.17, 15) is 9.59 Å². The van der Waals surface area contributed by atoms with Crippen LogP contribution in [0, 0.1) is 0 Å². The van der Waals surface area contributed by atoms with Gasteiger partial charge in [0.15, 0.2) is 5.78 Å². The van der Waals surface area contributed by atoms with Crippen LogP contribution in [0.3, 0.4) is 0 Å². The third-order valence-corrected chi connectivity index (χ3v) is 3.60. The summed E-state index contributed by atoms with van der Waals surface area (Å²) < 4.78 is 4.81. The number of carbonyl (C=O) groups excluding carboxylic acids is 2. The van der Waals surface area contributed by atoms with E-state index in [4.69, 9.17) is 16.3 Å². The fourth-order valence-electron chi connectivity index (χ4n) is 2.15. The van der Waals surface area contributed by atoms with E-state index in [2.05, 4.69) is 0 Å². The van der Waals surface area contributed by atoms with Gasteiger partial charge in [-0.05, 0) is 11.6 Å². The predicted octanol–water partition coefficient (Wildman–Crippen LogP) is 3.87. The van der Waals surface area contributed by atoms with E-state index < -0.39 is 11.9 Å². The molecule has 0 aliphatic heterocycles.